The molecule has 2 heteroatoms. The fraction of sp³-hybridized carbons (Fsp3) is 0.538. The van der Waals surface area contributed by atoms with Crippen molar-refractivity contribution in [3.8, 4) is 0 Å². The summed E-state index contributed by atoms with van der Waals surface area (Å²) >= 11 is 0. The molecule has 0 amide bonds. The summed E-state index contributed by atoms with van der Waals surface area (Å²) in [5.41, 5.74) is 7.59. The molecule has 0 radical (unpaired) electrons. The Morgan fingerprint density at radius 3 is 2.20 bits per heavy atom. The van der Waals surface area contributed by atoms with Crippen LogP contribution in [-0.4, -0.2) is 6.04 Å². The van der Waals surface area contributed by atoms with E-state index < -0.39 is 0 Å². The summed E-state index contributed by atoms with van der Waals surface area (Å²) in [6, 6.07) is 11.5. The Hall–Kier alpha value is -0.530. The van der Waals surface area contributed by atoms with E-state index in [1.807, 2.05) is 0 Å². The van der Waals surface area contributed by atoms with Crippen LogP contribution in [0.3, 0.4) is 0 Å². The molecule has 2 aliphatic rings. The van der Waals surface area contributed by atoms with Gasteiger partial charge >= 0.3 is 0 Å². The van der Waals surface area contributed by atoms with E-state index in [9.17, 15) is 0 Å². The van der Waals surface area contributed by atoms with Crippen molar-refractivity contribution in [2.45, 2.75) is 31.2 Å². The van der Waals surface area contributed by atoms with Gasteiger partial charge in [0.05, 0.1) is 0 Å². The summed E-state index contributed by atoms with van der Waals surface area (Å²) in [5, 5.41) is 0. The van der Waals surface area contributed by atoms with Crippen LogP contribution in [0, 0.1) is 11.8 Å². The number of fused-ring (bicyclic) bond motifs is 2. The van der Waals surface area contributed by atoms with Crippen molar-refractivity contribution in [3.63, 3.8) is 0 Å². The molecule has 82 valence electrons. The van der Waals surface area contributed by atoms with Gasteiger partial charge in [-0.15, -0.1) is 12.4 Å². The molecule has 2 saturated carbocycles. The van der Waals surface area contributed by atoms with Crippen molar-refractivity contribution in [1.82, 2.24) is 0 Å². The maximum absolute atomic E-state index is 6.06. The minimum atomic E-state index is 0. The first-order valence-electron chi connectivity index (χ1n) is 5.65. The van der Waals surface area contributed by atoms with Gasteiger partial charge in [-0.1, -0.05) is 30.3 Å². The molecule has 2 N–H and O–H groups in total. The van der Waals surface area contributed by atoms with E-state index in [2.05, 4.69) is 30.3 Å². The summed E-state index contributed by atoms with van der Waals surface area (Å²) in [7, 11) is 0. The van der Waals surface area contributed by atoms with Gasteiger partial charge in [0.15, 0.2) is 0 Å². The molecule has 0 spiro atoms. The molecular weight excluding hydrogens is 206 g/mol. The number of halogens is 1. The van der Waals surface area contributed by atoms with Crippen LogP contribution in [0.5, 0.6) is 0 Å². The molecule has 0 aliphatic heterocycles. The SMILES string of the molecule is Cl.N[C@@H]1C[C@H]2C[C@@H]1C[C@H]2c1ccccc1. The van der Waals surface area contributed by atoms with E-state index in [4.69, 9.17) is 5.73 Å². The fourth-order valence-electron chi connectivity index (χ4n) is 3.43. The molecule has 15 heavy (non-hydrogen) atoms. The van der Waals surface area contributed by atoms with Crippen molar-refractivity contribution in [1.29, 1.82) is 0 Å². The highest BCUT2D eigenvalue weighted by Crippen LogP contribution is 2.52. The average molecular weight is 224 g/mol. The Bertz CT molecular complexity index is 323. The Kier molecular flexibility index (Phi) is 3.03. The van der Waals surface area contributed by atoms with Gasteiger partial charge < -0.3 is 5.73 Å². The molecule has 3 rings (SSSR count). The molecule has 4 atom stereocenters. The second kappa shape index (κ2) is 4.15. The molecule has 2 bridgehead atoms. The van der Waals surface area contributed by atoms with Crippen molar-refractivity contribution in [2.75, 3.05) is 0 Å². The van der Waals surface area contributed by atoms with Crippen LogP contribution in [0.2, 0.25) is 0 Å². The van der Waals surface area contributed by atoms with E-state index in [0.717, 1.165) is 17.8 Å². The second-order valence-corrected chi connectivity index (χ2v) is 4.91. The highest BCUT2D eigenvalue weighted by molar-refractivity contribution is 5.85. The number of rotatable bonds is 1. The van der Waals surface area contributed by atoms with Crippen LogP contribution in [-0.2, 0) is 0 Å². The van der Waals surface area contributed by atoms with Crippen LogP contribution >= 0.6 is 12.4 Å². The lowest BCUT2D eigenvalue weighted by Gasteiger charge is -2.25. The maximum Gasteiger partial charge on any atom is 0.00703 e. The van der Waals surface area contributed by atoms with E-state index in [1.165, 1.54) is 24.8 Å². The second-order valence-electron chi connectivity index (χ2n) is 4.91. The van der Waals surface area contributed by atoms with Gasteiger partial charge in [-0.3, -0.25) is 0 Å². The molecule has 1 aromatic carbocycles. The fourth-order valence-corrected chi connectivity index (χ4v) is 3.43. The molecule has 0 saturated heterocycles. The number of benzene rings is 1. The number of nitrogens with two attached hydrogens (primary N) is 1. The lowest BCUT2D eigenvalue weighted by atomic mass is 9.82. The normalized spacial score (nSPS) is 37.7. The Labute approximate surface area is 97.5 Å². The third-order valence-corrected chi connectivity index (χ3v) is 4.14. The molecule has 1 nitrogen and oxygen atoms in total. The predicted molar refractivity (Wildman–Crippen MR) is 65.2 cm³/mol. The zero-order chi connectivity index (χ0) is 9.54. The van der Waals surface area contributed by atoms with Crippen molar-refractivity contribution >= 4 is 12.4 Å². The van der Waals surface area contributed by atoms with Gasteiger partial charge in [-0.05, 0) is 42.6 Å². The van der Waals surface area contributed by atoms with Crippen LogP contribution in [0.15, 0.2) is 30.3 Å². The van der Waals surface area contributed by atoms with E-state index >= 15 is 0 Å². The van der Waals surface area contributed by atoms with E-state index in [0.29, 0.717) is 6.04 Å². The summed E-state index contributed by atoms with van der Waals surface area (Å²) in [6.45, 7) is 0. The Balaban J connectivity index is 0.000000853. The van der Waals surface area contributed by atoms with Crippen molar-refractivity contribution in [2.24, 2.45) is 17.6 Å². The highest BCUT2D eigenvalue weighted by Gasteiger charge is 2.44. The van der Waals surface area contributed by atoms with Gasteiger partial charge in [0.25, 0.3) is 0 Å². The minimum absolute atomic E-state index is 0. The number of hydrogen-bond acceptors (Lipinski definition) is 1. The third-order valence-electron chi connectivity index (χ3n) is 4.14. The predicted octanol–water partition coefficient (Wildman–Crippen LogP) is 2.95. The zero-order valence-corrected chi connectivity index (χ0v) is 9.62. The average Bonchev–Trinajstić information content (AvgIpc) is 2.77. The zero-order valence-electron chi connectivity index (χ0n) is 8.80. The van der Waals surface area contributed by atoms with Crippen molar-refractivity contribution in [3.05, 3.63) is 35.9 Å². The van der Waals surface area contributed by atoms with E-state index in [-0.39, 0.29) is 12.4 Å². The smallest absolute Gasteiger partial charge is 0.00703 e. The van der Waals surface area contributed by atoms with Crippen LogP contribution < -0.4 is 5.73 Å². The molecular formula is C13H18ClN. The van der Waals surface area contributed by atoms with Crippen LogP contribution in [0.25, 0.3) is 0 Å². The van der Waals surface area contributed by atoms with Crippen molar-refractivity contribution < 1.29 is 0 Å². The molecule has 2 fully saturated rings. The summed E-state index contributed by atoms with van der Waals surface area (Å²) in [4.78, 5) is 0. The third kappa shape index (κ3) is 1.79. The minimum Gasteiger partial charge on any atom is -0.327 e. The van der Waals surface area contributed by atoms with E-state index in [1.54, 1.807) is 0 Å². The van der Waals surface area contributed by atoms with Gasteiger partial charge in [-0.2, -0.15) is 0 Å². The first-order valence-corrected chi connectivity index (χ1v) is 5.65. The first kappa shape index (κ1) is 11.0. The highest BCUT2D eigenvalue weighted by atomic mass is 35.5. The molecule has 0 unspecified atom stereocenters. The Morgan fingerprint density at radius 1 is 0.933 bits per heavy atom. The Morgan fingerprint density at radius 2 is 1.67 bits per heavy atom. The molecule has 0 aromatic heterocycles. The quantitative estimate of drug-likeness (QED) is 0.779. The lowest BCUT2D eigenvalue weighted by molar-refractivity contribution is 0.375. The van der Waals surface area contributed by atoms with Gasteiger partial charge in [0.1, 0.15) is 0 Å². The monoisotopic (exact) mass is 223 g/mol. The first-order chi connectivity index (χ1) is 6.84. The summed E-state index contributed by atoms with van der Waals surface area (Å²) < 4.78 is 0. The van der Waals surface area contributed by atoms with Crippen LogP contribution in [0.4, 0.5) is 0 Å². The van der Waals surface area contributed by atoms with Gasteiger partial charge in [0.2, 0.25) is 0 Å². The maximum atomic E-state index is 6.06. The summed E-state index contributed by atoms with van der Waals surface area (Å²) in [5.74, 6) is 2.49. The molecule has 0 heterocycles. The largest absolute Gasteiger partial charge is 0.327 e. The van der Waals surface area contributed by atoms with Crippen LogP contribution in [0.1, 0.15) is 30.7 Å². The standard InChI is InChI=1S/C13H17N.ClH/c14-13-8-10-6-11(13)7-12(10)9-4-2-1-3-5-9;/h1-5,10-13H,6-8,14H2;1H/t10-,11-,12+,13-;/m1./s1. The van der Waals surface area contributed by atoms with Gasteiger partial charge in [-0.25, -0.2) is 0 Å². The lowest BCUT2D eigenvalue weighted by Crippen LogP contribution is -2.28. The van der Waals surface area contributed by atoms with Gasteiger partial charge in [0, 0.05) is 6.04 Å². The number of hydrogen-bond donors (Lipinski definition) is 1. The molecule has 2 aliphatic carbocycles. The summed E-state index contributed by atoms with van der Waals surface area (Å²) in [6.07, 6.45) is 3.96. The topological polar surface area (TPSA) is 26.0 Å². The molecule has 1 aromatic rings.